The van der Waals surface area contributed by atoms with E-state index in [4.69, 9.17) is 18.9 Å². The third-order valence-electron chi connectivity index (χ3n) is 8.23. The molecule has 1 N–H and O–H groups in total. The maximum Gasteiger partial charge on any atom is 0.249 e. The van der Waals surface area contributed by atoms with E-state index in [0.717, 1.165) is 37.1 Å². The molecule has 0 aliphatic carbocycles. The summed E-state index contributed by atoms with van der Waals surface area (Å²) in [5.41, 5.74) is 3.60. The molecule has 4 heterocycles. The number of fused-ring (bicyclic) bond motifs is 2. The standard InChI is InChI=1S/C32H34N6O6/c39-30(20-37-27-6-2-1-5-26(27)34-35-37)38(24-11-12-28-29(18-24)44-21-43-28)31(32(40)33-19-25-4-3-15-42-25)22-7-9-23(10-8-22)36-13-16-41-17-14-36/h1-2,5-12,18,25,31H,3-4,13-17,19-21H2,(H,33,40). The topological polar surface area (TPSA) is 120 Å². The molecule has 228 valence electrons. The minimum atomic E-state index is -0.988. The SMILES string of the molecule is O=C(NCC1CCCO1)C(c1ccc(N2CCOCC2)cc1)N(C(=O)Cn1nnc2ccccc21)c1ccc2c(c1)OCO2. The molecule has 2 fully saturated rings. The Bertz CT molecular complexity index is 1630. The van der Waals surface area contributed by atoms with E-state index in [2.05, 4.69) is 20.5 Å². The van der Waals surface area contributed by atoms with Crippen LogP contribution in [0.3, 0.4) is 0 Å². The number of hydrogen-bond donors (Lipinski definition) is 1. The Labute approximate surface area is 254 Å². The van der Waals surface area contributed by atoms with Gasteiger partial charge in [-0.15, -0.1) is 5.10 Å². The molecule has 1 aromatic heterocycles. The zero-order valence-electron chi connectivity index (χ0n) is 24.3. The molecule has 44 heavy (non-hydrogen) atoms. The van der Waals surface area contributed by atoms with Gasteiger partial charge in [0.15, 0.2) is 11.5 Å². The fraction of sp³-hybridized carbons (Fsp3) is 0.375. The maximum absolute atomic E-state index is 14.4. The quantitative estimate of drug-likeness (QED) is 0.310. The van der Waals surface area contributed by atoms with E-state index in [0.29, 0.717) is 54.6 Å². The van der Waals surface area contributed by atoms with Crippen LogP contribution in [0.25, 0.3) is 11.0 Å². The molecule has 0 saturated carbocycles. The monoisotopic (exact) mass is 598 g/mol. The average molecular weight is 599 g/mol. The number of amides is 2. The van der Waals surface area contributed by atoms with Gasteiger partial charge in [0, 0.05) is 43.7 Å². The predicted molar refractivity (Wildman–Crippen MR) is 162 cm³/mol. The van der Waals surface area contributed by atoms with Crippen LogP contribution in [0.5, 0.6) is 11.5 Å². The van der Waals surface area contributed by atoms with E-state index in [1.807, 2.05) is 48.5 Å². The van der Waals surface area contributed by atoms with Crippen molar-refractivity contribution in [2.75, 3.05) is 56.0 Å². The fourth-order valence-electron chi connectivity index (χ4n) is 5.93. The Kier molecular flexibility index (Phi) is 7.99. The Morgan fingerprint density at radius 1 is 0.977 bits per heavy atom. The van der Waals surface area contributed by atoms with Gasteiger partial charge >= 0.3 is 0 Å². The van der Waals surface area contributed by atoms with E-state index >= 15 is 0 Å². The van der Waals surface area contributed by atoms with Gasteiger partial charge < -0.3 is 29.2 Å². The molecule has 7 rings (SSSR count). The lowest BCUT2D eigenvalue weighted by Gasteiger charge is -2.33. The first-order valence-corrected chi connectivity index (χ1v) is 15.0. The van der Waals surface area contributed by atoms with E-state index in [9.17, 15) is 9.59 Å². The molecule has 12 heteroatoms. The van der Waals surface area contributed by atoms with Crippen LogP contribution in [0, 0.1) is 0 Å². The second-order valence-electron chi connectivity index (χ2n) is 11.0. The highest BCUT2D eigenvalue weighted by molar-refractivity contribution is 6.02. The van der Waals surface area contributed by atoms with Gasteiger partial charge in [-0.05, 0) is 54.8 Å². The van der Waals surface area contributed by atoms with Crippen LogP contribution >= 0.6 is 0 Å². The number of nitrogens with one attached hydrogen (secondary N) is 1. The van der Waals surface area contributed by atoms with Crippen LogP contribution in [0.1, 0.15) is 24.4 Å². The largest absolute Gasteiger partial charge is 0.454 e. The van der Waals surface area contributed by atoms with Crippen molar-refractivity contribution in [1.29, 1.82) is 0 Å². The summed E-state index contributed by atoms with van der Waals surface area (Å²) < 4.78 is 24.0. The van der Waals surface area contributed by atoms with Gasteiger partial charge in [0.2, 0.25) is 18.6 Å². The van der Waals surface area contributed by atoms with Crippen LogP contribution in [-0.2, 0) is 25.6 Å². The first kappa shape index (κ1) is 28.1. The molecule has 2 unspecified atom stereocenters. The van der Waals surface area contributed by atoms with E-state index in [1.54, 1.807) is 22.9 Å². The minimum absolute atomic E-state index is 0.0560. The van der Waals surface area contributed by atoms with Crippen molar-refractivity contribution in [2.45, 2.75) is 31.5 Å². The second kappa shape index (κ2) is 12.5. The van der Waals surface area contributed by atoms with Crippen molar-refractivity contribution in [1.82, 2.24) is 20.3 Å². The van der Waals surface area contributed by atoms with Gasteiger partial charge in [0.05, 0.1) is 24.8 Å². The number of benzene rings is 3. The lowest BCUT2D eigenvalue weighted by molar-refractivity contribution is -0.127. The number of ether oxygens (including phenoxy) is 4. The number of morpholine rings is 1. The molecular weight excluding hydrogens is 564 g/mol. The number of hydrogen-bond acceptors (Lipinski definition) is 9. The fourth-order valence-corrected chi connectivity index (χ4v) is 5.93. The molecular formula is C32H34N6O6. The Hall–Kier alpha value is -4.68. The lowest BCUT2D eigenvalue weighted by Crippen LogP contribution is -2.46. The van der Waals surface area contributed by atoms with Gasteiger partial charge in [-0.1, -0.05) is 29.5 Å². The molecule has 3 aliphatic heterocycles. The number of carbonyl (C=O) groups is 2. The number of aromatic nitrogens is 3. The Morgan fingerprint density at radius 2 is 1.80 bits per heavy atom. The van der Waals surface area contributed by atoms with Crippen molar-refractivity contribution in [3.8, 4) is 11.5 Å². The molecule has 4 aromatic rings. The van der Waals surface area contributed by atoms with Crippen molar-refractivity contribution in [3.63, 3.8) is 0 Å². The van der Waals surface area contributed by atoms with Crippen LogP contribution in [0.15, 0.2) is 66.7 Å². The first-order valence-electron chi connectivity index (χ1n) is 15.0. The highest BCUT2D eigenvalue weighted by Crippen LogP contribution is 2.38. The third-order valence-corrected chi connectivity index (χ3v) is 8.23. The summed E-state index contributed by atoms with van der Waals surface area (Å²) >= 11 is 0. The summed E-state index contributed by atoms with van der Waals surface area (Å²) in [5.74, 6) is 0.438. The Balaban J connectivity index is 1.27. The van der Waals surface area contributed by atoms with Crippen LogP contribution < -0.4 is 24.6 Å². The van der Waals surface area contributed by atoms with Gasteiger partial charge in [-0.3, -0.25) is 14.5 Å². The van der Waals surface area contributed by atoms with Crippen LogP contribution in [0.4, 0.5) is 11.4 Å². The summed E-state index contributed by atoms with van der Waals surface area (Å²) in [4.78, 5) is 32.3. The number of rotatable bonds is 9. The van der Waals surface area contributed by atoms with Crippen molar-refractivity contribution in [3.05, 3.63) is 72.3 Å². The van der Waals surface area contributed by atoms with Crippen molar-refractivity contribution in [2.24, 2.45) is 0 Å². The second-order valence-corrected chi connectivity index (χ2v) is 11.0. The molecule has 2 amide bonds. The molecule has 0 spiro atoms. The Morgan fingerprint density at radius 3 is 2.61 bits per heavy atom. The molecule has 3 aromatic carbocycles. The van der Waals surface area contributed by atoms with Crippen LogP contribution in [0.2, 0.25) is 0 Å². The van der Waals surface area contributed by atoms with Gasteiger partial charge in [0.1, 0.15) is 18.1 Å². The van der Waals surface area contributed by atoms with Gasteiger partial charge in [-0.25, -0.2) is 4.68 Å². The minimum Gasteiger partial charge on any atom is -0.454 e. The van der Waals surface area contributed by atoms with E-state index in [-0.39, 0.29) is 31.3 Å². The number of para-hydroxylation sites is 1. The zero-order chi connectivity index (χ0) is 29.9. The number of anilines is 2. The van der Waals surface area contributed by atoms with Crippen LogP contribution in [-0.4, -0.2) is 79.2 Å². The maximum atomic E-state index is 14.4. The van der Waals surface area contributed by atoms with E-state index in [1.165, 1.54) is 4.90 Å². The van der Waals surface area contributed by atoms with E-state index < -0.39 is 6.04 Å². The summed E-state index contributed by atoms with van der Waals surface area (Å²) in [6.07, 6.45) is 1.78. The summed E-state index contributed by atoms with van der Waals surface area (Å²) in [5, 5.41) is 11.5. The summed E-state index contributed by atoms with van der Waals surface area (Å²) in [6, 6.07) is 19.6. The van der Waals surface area contributed by atoms with Gasteiger partial charge in [-0.2, -0.15) is 0 Å². The zero-order valence-corrected chi connectivity index (χ0v) is 24.3. The molecule has 0 bridgehead atoms. The summed E-state index contributed by atoms with van der Waals surface area (Å²) in [6.45, 7) is 3.91. The summed E-state index contributed by atoms with van der Waals surface area (Å²) in [7, 11) is 0. The highest BCUT2D eigenvalue weighted by Gasteiger charge is 2.35. The van der Waals surface area contributed by atoms with Crippen molar-refractivity contribution >= 4 is 34.2 Å². The average Bonchev–Trinajstić information content (AvgIpc) is 3.85. The normalized spacial score (nSPS) is 18.4. The third kappa shape index (κ3) is 5.78. The first-order chi connectivity index (χ1) is 21.6. The molecule has 12 nitrogen and oxygen atoms in total. The number of carbonyl (C=O) groups excluding carboxylic acids is 2. The van der Waals surface area contributed by atoms with Crippen molar-refractivity contribution < 1.29 is 28.5 Å². The predicted octanol–water partition coefficient (Wildman–Crippen LogP) is 3.07. The number of nitrogens with zero attached hydrogens (tertiary/aromatic N) is 5. The lowest BCUT2D eigenvalue weighted by atomic mass is 10.0. The molecule has 2 saturated heterocycles. The smallest absolute Gasteiger partial charge is 0.249 e. The molecule has 0 radical (unpaired) electrons. The molecule has 2 atom stereocenters. The highest BCUT2D eigenvalue weighted by atomic mass is 16.7. The van der Waals surface area contributed by atoms with Gasteiger partial charge in [0.25, 0.3) is 0 Å². The molecule has 3 aliphatic rings.